The van der Waals surface area contributed by atoms with Crippen LogP contribution < -0.4 is 0 Å². The van der Waals surface area contributed by atoms with E-state index in [1.807, 2.05) is 12.1 Å². The van der Waals surface area contributed by atoms with Gasteiger partial charge in [0.2, 0.25) is 0 Å². The summed E-state index contributed by atoms with van der Waals surface area (Å²) in [6, 6.07) is 4.63. The zero-order valence-electron chi connectivity index (χ0n) is 16.3. The van der Waals surface area contributed by atoms with E-state index < -0.39 is 23.3 Å². The van der Waals surface area contributed by atoms with E-state index in [-0.39, 0.29) is 23.0 Å². The van der Waals surface area contributed by atoms with Crippen molar-refractivity contribution in [1.29, 1.82) is 0 Å². The average molecular weight is 459 g/mol. The Morgan fingerprint density at radius 3 is 2.72 bits per heavy atom. The minimum atomic E-state index is -4.70. The fourth-order valence-corrected chi connectivity index (χ4v) is 3.90. The first-order chi connectivity index (χ1) is 15.3. The summed E-state index contributed by atoms with van der Waals surface area (Å²) in [7, 11) is 0. The first kappa shape index (κ1) is 20.3. The zero-order chi connectivity index (χ0) is 22.5. The number of aromatic nitrogens is 5. The standard InChI is InChI=1S/C21H14ClF3N6O/c22-18-17(20(32)30-5-3-13(10-30)12-2-1-4-26-7-12)29-19-16(21(23,24)25)6-14(11-31(18)19)15-8-27-28-9-15/h1-4,6-9,11H,5,10H2,(H,27,28). The summed E-state index contributed by atoms with van der Waals surface area (Å²) >= 11 is 6.37. The lowest BCUT2D eigenvalue weighted by atomic mass is 10.1. The van der Waals surface area contributed by atoms with Crippen molar-refractivity contribution in [2.75, 3.05) is 13.1 Å². The van der Waals surface area contributed by atoms with E-state index in [9.17, 15) is 18.0 Å². The van der Waals surface area contributed by atoms with Crippen LogP contribution in [0.1, 0.15) is 21.6 Å². The van der Waals surface area contributed by atoms with Gasteiger partial charge < -0.3 is 4.90 Å². The first-order valence-electron chi connectivity index (χ1n) is 9.49. The molecule has 1 amide bonds. The van der Waals surface area contributed by atoms with Crippen LogP contribution in [0.25, 0.3) is 22.3 Å². The number of imidazole rings is 1. The highest BCUT2D eigenvalue weighted by Crippen LogP contribution is 2.37. The van der Waals surface area contributed by atoms with Crippen LogP contribution in [0.15, 0.2) is 55.3 Å². The summed E-state index contributed by atoms with van der Waals surface area (Å²) in [5.41, 5.74) is 0.781. The zero-order valence-corrected chi connectivity index (χ0v) is 17.0. The molecule has 0 fully saturated rings. The maximum Gasteiger partial charge on any atom is 0.420 e. The average Bonchev–Trinajstić information content (AvgIpc) is 3.53. The van der Waals surface area contributed by atoms with Crippen LogP contribution in [-0.2, 0) is 6.18 Å². The van der Waals surface area contributed by atoms with Crippen molar-refractivity contribution < 1.29 is 18.0 Å². The lowest BCUT2D eigenvalue weighted by molar-refractivity contribution is -0.136. The van der Waals surface area contributed by atoms with Gasteiger partial charge in [-0.3, -0.25) is 19.3 Å². The number of nitrogens with one attached hydrogen (secondary N) is 1. The predicted molar refractivity (Wildman–Crippen MR) is 111 cm³/mol. The van der Waals surface area contributed by atoms with Crippen LogP contribution in [0.2, 0.25) is 5.15 Å². The van der Waals surface area contributed by atoms with Gasteiger partial charge in [-0.1, -0.05) is 23.7 Å². The topological polar surface area (TPSA) is 79.2 Å². The number of H-pyrrole nitrogens is 1. The number of carbonyl (C=O) groups excluding carboxylic acids is 1. The Balaban J connectivity index is 1.54. The van der Waals surface area contributed by atoms with Crippen molar-refractivity contribution in [2.45, 2.75) is 6.18 Å². The van der Waals surface area contributed by atoms with Gasteiger partial charge in [0.1, 0.15) is 5.15 Å². The Kier molecular flexibility index (Phi) is 4.74. The molecule has 0 radical (unpaired) electrons. The summed E-state index contributed by atoms with van der Waals surface area (Å²) in [5, 5.41) is 6.16. The number of carbonyl (C=O) groups is 1. The molecule has 1 aliphatic rings. The predicted octanol–water partition coefficient (Wildman–Crippen LogP) is 4.33. The molecule has 11 heteroatoms. The molecule has 162 valence electrons. The molecular weight excluding hydrogens is 445 g/mol. The monoisotopic (exact) mass is 458 g/mol. The summed E-state index contributed by atoms with van der Waals surface area (Å²) < 4.78 is 42.5. The Morgan fingerprint density at radius 1 is 1.19 bits per heavy atom. The molecule has 0 unspecified atom stereocenters. The molecule has 0 saturated heterocycles. The maximum absolute atomic E-state index is 13.8. The van der Waals surface area contributed by atoms with Crippen molar-refractivity contribution in [3.05, 3.63) is 77.2 Å². The minimum absolute atomic E-state index is 0.185. The Hall–Kier alpha value is -3.66. The highest BCUT2D eigenvalue weighted by atomic mass is 35.5. The quantitative estimate of drug-likeness (QED) is 0.495. The molecule has 1 aliphatic heterocycles. The molecule has 0 aromatic carbocycles. The van der Waals surface area contributed by atoms with Crippen molar-refractivity contribution in [3.8, 4) is 11.1 Å². The second-order valence-electron chi connectivity index (χ2n) is 7.23. The van der Waals surface area contributed by atoms with Gasteiger partial charge in [-0.25, -0.2) is 4.98 Å². The van der Waals surface area contributed by atoms with Crippen LogP contribution in [0.3, 0.4) is 0 Å². The number of nitrogens with zero attached hydrogens (tertiary/aromatic N) is 5. The summed E-state index contributed by atoms with van der Waals surface area (Å²) in [4.78, 5) is 22.7. The number of hydrogen-bond acceptors (Lipinski definition) is 4. The third-order valence-corrected chi connectivity index (χ3v) is 5.60. The lowest BCUT2D eigenvalue weighted by Crippen LogP contribution is -2.29. The molecule has 0 saturated carbocycles. The Morgan fingerprint density at radius 2 is 2.03 bits per heavy atom. The number of pyridine rings is 2. The number of halogens is 4. The van der Waals surface area contributed by atoms with E-state index in [0.29, 0.717) is 12.1 Å². The van der Waals surface area contributed by atoms with E-state index in [0.717, 1.165) is 21.6 Å². The van der Waals surface area contributed by atoms with Gasteiger partial charge in [0.15, 0.2) is 11.3 Å². The van der Waals surface area contributed by atoms with E-state index in [1.54, 1.807) is 18.5 Å². The van der Waals surface area contributed by atoms with Gasteiger partial charge in [0, 0.05) is 49.0 Å². The van der Waals surface area contributed by atoms with Crippen LogP contribution >= 0.6 is 11.6 Å². The summed E-state index contributed by atoms with van der Waals surface area (Å²) in [5.74, 6) is -0.549. The molecule has 1 N–H and O–H groups in total. The Labute approximate surface area is 184 Å². The molecule has 7 nitrogen and oxygen atoms in total. The minimum Gasteiger partial charge on any atom is -0.329 e. The van der Waals surface area contributed by atoms with Gasteiger partial charge in [-0.15, -0.1) is 0 Å². The summed E-state index contributed by atoms with van der Waals surface area (Å²) in [6.45, 7) is 0.570. The SMILES string of the molecule is O=C(c1nc2c(C(F)(F)F)cc(-c3cn[nH]c3)cn2c1Cl)N1CC=C(c2cccnc2)C1. The number of alkyl halides is 3. The van der Waals surface area contributed by atoms with E-state index in [4.69, 9.17) is 11.6 Å². The largest absolute Gasteiger partial charge is 0.420 e. The van der Waals surface area contributed by atoms with Crippen molar-refractivity contribution >= 4 is 28.7 Å². The van der Waals surface area contributed by atoms with E-state index in [2.05, 4.69) is 20.2 Å². The molecule has 0 bridgehead atoms. The molecule has 5 rings (SSSR count). The van der Waals surface area contributed by atoms with E-state index >= 15 is 0 Å². The number of aromatic amines is 1. The second kappa shape index (κ2) is 7.49. The molecule has 0 spiro atoms. The maximum atomic E-state index is 13.8. The Bertz CT molecular complexity index is 1350. The van der Waals surface area contributed by atoms with Gasteiger partial charge in [0.25, 0.3) is 5.91 Å². The van der Waals surface area contributed by atoms with Crippen LogP contribution in [0.5, 0.6) is 0 Å². The van der Waals surface area contributed by atoms with Crippen LogP contribution in [0, 0.1) is 0 Å². The van der Waals surface area contributed by atoms with Crippen molar-refractivity contribution in [3.63, 3.8) is 0 Å². The van der Waals surface area contributed by atoms with Crippen molar-refractivity contribution in [2.24, 2.45) is 0 Å². The number of fused-ring (bicyclic) bond motifs is 1. The fraction of sp³-hybridized carbons (Fsp3) is 0.143. The highest BCUT2D eigenvalue weighted by molar-refractivity contribution is 6.33. The fourth-order valence-electron chi connectivity index (χ4n) is 3.65. The smallest absolute Gasteiger partial charge is 0.329 e. The van der Waals surface area contributed by atoms with Crippen LogP contribution in [-0.4, -0.2) is 48.5 Å². The van der Waals surface area contributed by atoms with Gasteiger partial charge >= 0.3 is 6.18 Å². The molecule has 5 heterocycles. The third kappa shape index (κ3) is 3.42. The molecule has 4 aromatic rings. The van der Waals surface area contributed by atoms with Gasteiger partial charge in [-0.2, -0.15) is 18.3 Å². The number of hydrogen-bond donors (Lipinski definition) is 1. The number of rotatable bonds is 3. The highest BCUT2D eigenvalue weighted by Gasteiger charge is 2.37. The van der Waals surface area contributed by atoms with E-state index in [1.165, 1.54) is 23.5 Å². The van der Waals surface area contributed by atoms with Crippen LogP contribution in [0.4, 0.5) is 13.2 Å². The molecule has 0 aliphatic carbocycles. The normalized spacial score (nSPS) is 14.2. The second-order valence-corrected chi connectivity index (χ2v) is 7.59. The summed E-state index contributed by atoms with van der Waals surface area (Å²) in [6.07, 6.45) is 4.78. The molecule has 4 aromatic heterocycles. The number of amides is 1. The first-order valence-corrected chi connectivity index (χ1v) is 9.87. The van der Waals surface area contributed by atoms with Crippen molar-refractivity contribution in [1.82, 2.24) is 29.5 Å². The lowest BCUT2D eigenvalue weighted by Gasteiger charge is -2.15. The van der Waals surface area contributed by atoms with Gasteiger partial charge in [-0.05, 0) is 23.3 Å². The van der Waals surface area contributed by atoms with Gasteiger partial charge in [0.05, 0.1) is 11.8 Å². The molecule has 0 atom stereocenters. The third-order valence-electron chi connectivity index (χ3n) is 5.24. The molecule has 32 heavy (non-hydrogen) atoms. The molecular formula is C21H14ClF3N6O.